The Labute approximate surface area is 143 Å². The molecule has 10 nitrogen and oxygen atoms in total. The van der Waals surface area contributed by atoms with E-state index in [2.05, 4.69) is 0 Å². The van der Waals surface area contributed by atoms with Gasteiger partial charge in [0.2, 0.25) is 10.0 Å². The first-order chi connectivity index (χ1) is 11.7. The first kappa shape index (κ1) is 18.4. The molecule has 0 aliphatic carbocycles. The van der Waals surface area contributed by atoms with Gasteiger partial charge in [-0.2, -0.15) is 9.57 Å². The summed E-state index contributed by atoms with van der Waals surface area (Å²) in [5, 5.41) is 12.4. The van der Waals surface area contributed by atoms with Crippen LogP contribution in [-0.2, 0) is 26.2 Å². The number of hydrogen-bond acceptors (Lipinski definition) is 7. The molecule has 0 spiro atoms. The van der Waals surface area contributed by atoms with Crippen molar-refractivity contribution >= 4 is 33.9 Å². The highest BCUT2D eigenvalue weighted by Crippen LogP contribution is 2.16. The summed E-state index contributed by atoms with van der Waals surface area (Å²) in [7, 11) is -3.54. The molecule has 1 aromatic heterocycles. The van der Waals surface area contributed by atoms with E-state index in [1.807, 2.05) is 16.7 Å². The van der Waals surface area contributed by atoms with Gasteiger partial charge in [0.1, 0.15) is 17.1 Å². The summed E-state index contributed by atoms with van der Waals surface area (Å²) in [4.78, 5) is 34.3. The normalized spacial score (nSPS) is 14.9. The zero-order valence-corrected chi connectivity index (χ0v) is 13.9. The maximum absolute atomic E-state index is 11.7. The van der Waals surface area contributed by atoms with Crippen molar-refractivity contribution in [1.82, 2.24) is 14.9 Å². The Bertz CT molecular complexity index is 871. The molecule has 0 atom stereocenters. The lowest BCUT2D eigenvalue weighted by Gasteiger charge is -2.16. The number of carbonyl (C=O) groups is 3. The van der Waals surface area contributed by atoms with Gasteiger partial charge in [0.25, 0.3) is 11.8 Å². The van der Waals surface area contributed by atoms with Crippen molar-refractivity contribution < 1.29 is 27.2 Å². The van der Waals surface area contributed by atoms with E-state index < -0.39 is 27.9 Å². The van der Waals surface area contributed by atoms with Crippen LogP contribution in [0, 0.1) is 11.3 Å². The highest BCUT2D eigenvalue weighted by molar-refractivity contribution is 7.88. The van der Waals surface area contributed by atoms with Gasteiger partial charge < -0.3 is 4.42 Å². The molecule has 0 aromatic carbocycles. The lowest BCUT2D eigenvalue weighted by atomic mass is 10.1. The second kappa shape index (κ2) is 7.29. The van der Waals surface area contributed by atoms with Crippen LogP contribution in [0.1, 0.15) is 17.9 Å². The average Bonchev–Trinajstić information content (AvgIpc) is 2.93. The fourth-order valence-electron chi connectivity index (χ4n) is 2.02. The molecular formula is C14H14N4O6S. The van der Waals surface area contributed by atoms with E-state index in [0.717, 1.165) is 16.6 Å². The van der Waals surface area contributed by atoms with Crippen LogP contribution in [0.5, 0.6) is 0 Å². The lowest BCUT2D eigenvalue weighted by molar-refractivity contribution is -0.123. The number of amides is 4. The van der Waals surface area contributed by atoms with Gasteiger partial charge in [-0.25, -0.2) is 13.2 Å². The van der Waals surface area contributed by atoms with Gasteiger partial charge in [0.15, 0.2) is 0 Å². The van der Waals surface area contributed by atoms with Crippen molar-refractivity contribution in [2.45, 2.75) is 13.0 Å². The molecule has 2 heterocycles. The Kier molecular flexibility index (Phi) is 5.35. The number of hydrogen-bond donors (Lipinski definition) is 2. The molecule has 2 N–H and O–H groups in total. The van der Waals surface area contributed by atoms with E-state index in [-0.39, 0.29) is 36.6 Å². The Morgan fingerprint density at radius 2 is 1.88 bits per heavy atom. The average molecular weight is 366 g/mol. The minimum atomic E-state index is -3.54. The minimum absolute atomic E-state index is 0.0133. The van der Waals surface area contributed by atoms with E-state index in [0.29, 0.717) is 0 Å². The molecule has 25 heavy (non-hydrogen) atoms. The van der Waals surface area contributed by atoms with Gasteiger partial charge in [-0.15, -0.1) is 0 Å². The Morgan fingerprint density at radius 3 is 2.44 bits per heavy atom. The van der Waals surface area contributed by atoms with E-state index in [1.165, 1.54) is 12.1 Å². The summed E-state index contributed by atoms with van der Waals surface area (Å²) in [6, 6.07) is 3.89. The van der Waals surface area contributed by atoms with E-state index in [9.17, 15) is 22.8 Å². The van der Waals surface area contributed by atoms with E-state index in [1.54, 1.807) is 0 Å². The maximum atomic E-state index is 11.7. The molecule has 1 saturated heterocycles. The summed E-state index contributed by atoms with van der Waals surface area (Å²) < 4.78 is 29.9. The van der Waals surface area contributed by atoms with Crippen molar-refractivity contribution in [2.75, 3.05) is 12.8 Å². The van der Waals surface area contributed by atoms with Crippen LogP contribution in [0.15, 0.2) is 22.1 Å². The largest absolute Gasteiger partial charge is 0.460 e. The fourth-order valence-corrected chi connectivity index (χ4v) is 2.80. The van der Waals surface area contributed by atoms with Crippen molar-refractivity contribution in [3.8, 4) is 6.07 Å². The molecule has 2 rings (SSSR count). The minimum Gasteiger partial charge on any atom is -0.460 e. The van der Waals surface area contributed by atoms with Gasteiger partial charge in [-0.05, 0) is 18.2 Å². The molecular weight excluding hydrogens is 352 g/mol. The SMILES string of the molecule is CS(=O)(=O)N(CCC#N)Cc1ccc(C=C2C(=O)NC(=O)NC2=O)o1. The van der Waals surface area contributed by atoms with Gasteiger partial charge in [0, 0.05) is 13.0 Å². The van der Waals surface area contributed by atoms with Crippen LogP contribution in [0.2, 0.25) is 0 Å². The van der Waals surface area contributed by atoms with Gasteiger partial charge in [-0.3, -0.25) is 20.2 Å². The molecule has 4 amide bonds. The standard InChI is InChI=1S/C14H14N4O6S/c1-25(22,23)18(6-2-5-15)8-10-4-3-9(24-10)7-11-12(19)16-14(21)17-13(11)20/h3-4,7H,2,6,8H2,1H3,(H2,16,17,19,20,21). The number of nitrogens with one attached hydrogen (secondary N) is 2. The highest BCUT2D eigenvalue weighted by atomic mass is 32.2. The van der Waals surface area contributed by atoms with Gasteiger partial charge in [0.05, 0.1) is 18.9 Å². The molecule has 0 radical (unpaired) electrons. The number of barbiturate groups is 1. The van der Waals surface area contributed by atoms with Crippen molar-refractivity contribution in [2.24, 2.45) is 0 Å². The third-order valence-corrected chi connectivity index (χ3v) is 4.44. The van der Waals surface area contributed by atoms with Crippen molar-refractivity contribution in [1.29, 1.82) is 5.26 Å². The summed E-state index contributed by atoms with van der Waals surface area (Å²) in [6.45, 7) is -0.0834. The predicted octanol–water partition coefficient (Wildman–Crippen LogP) is -0.296. The first-order valence-electron chi connectivity index (χ1n) is 7.00. The topological polar surface area (TPSA) is 150 Å². The summed E-state index contributed by atoms with van der Waals surface area (Å²) in [5.41, 5.74) is -0.315. The predicted molar refractivity (Wildman–Crippen MR) is 83.9 cm³/mol. The van der Waals surface area contributed by atoms with E-state index >= 15 is 0 Å². The molecule has 1 aliphatic heterocycles. The molecule has 132 valence electrons. The zero-order valence-electron chi connectivity index (χ0n) is 13.1. The summed E-state index contributed by atoms with van der Waals surface area (Å²) in [6.07, 6.45) is 2.18. The molecule has 1 fully saturated rings. The second-order valence-electron chi connectivity index (χ2n) is 5.10. The summed E-state index contributed by atoms with van der Waals surface area (Å²) in [5.74, 6) is -1.32. The molecule has 0 unspecified atom stereocenters. The van der Waals surface area contributed by atoms with Crippen molar-refractivity contribution in [3.63, 3.8) is 0 Å². The van der Waals surface area contributed by atoms with Crippen LogP contribution < -0.4 is 10.6 Å². The number of rotatable bonds is 6. The number of nitriles is 1. The van der Waals surface area contributed by atoms with Crippen LogP contribution in [0.3, 0.4) is 0 Å². The molecule has 0 bridgehead atoms. The number of sulfonamides is 1. The number of carbonyl (C=O) groups excluding carboxylic acids is 3. The third kappa shape index (κ3) is 4.75. The molecule has 0 saturated carbocycles. The molecule has 11 heteroatoms. The van der Waals surface area contributed by atoms with Crippen LogP contribution in [-0.4, -0.2) is 43.4 Å². The van der Waals surface area contributed by atoms with Crippen molar-refractivity contribution in [3.05, 3.63) is 29.2 Å². The van der Waals surface area contributed by atoms with Crippen LogP contribution in [0.4, 0.5) is 4.79 Å². The third-order valence-electron chi connectivity index (χ3n) is 3.19. The zero-order chi connectivity index (χ0) is 18.6. The second-order valence-corrected chi connectivity index (χ2v) is 7.09. The number of nitrogens with zero attached hydrogens (tertiary/aromatic N) is 2. The number of imide groups is 2. The lowest BCUT2D eigenvalue weighted by Crippen LogP contribution is -2.51. The fraction of sp³-hybridized carbons (Fsp3) is 0.286. The first-order valence-corrected chi connectivity index (χ1v) is 8.84. The highest BCUT2D eigenvalue weighted by Gasteiger charge is 2.28. The molecule has 1 aromatic rings. The van der Waals surface area contributed by atoms with Gasteiger partial charge >= 0.3 is 6.03 Å². The van der Waals surface area contributed by atoms with Crippen LogP contribution in [0.25, 0.3) is 6.08 Å². The summed E-state index contributed by atoms with van der Waals surface area (Å²) >= 11 is 0. The molecule has 1 aliphatic rings. The maximum Gasteiger partial charge on any atom is 0.328 e. The number of urea groups is 1. The van der Waals surface area contributed by atoms with Gasteiger partial charge in [-0.1, -0.05) is 0 Å². The van der Waals surface area contributed by atoms with E-state index in [4.69, 9.17) is 9.68 Å². The number of furan rings is 1. The Balaban J connectivity index is 2.18. The van der Waals surface area contributed by atoms with Crippen LogP contribution >= 0.6 is 0 Å². The monoisotopic (exact) mass is 366 g/mol. The Hall–Kier alpha value is -2.97. The smallest absolute Gasteiger partial charge is 0.328 e. The Morgan fingerprint density at radius 1 is 1.24 bits per heavy atom. The quantitative estimate of drug-likeness (QED) is 0.518.